The molecule has 0 saturated carbocycles. The number of pyridine rings is 1. The van der Waals surface area contributed by atoms with Crippen LogP contribution in [0.3, 0.4) is 0 Å². The lowest BCUT2D eigenvalue weighted by Gasteiger charge is -2.17. The highest BCUT2D eigenvalue weighted by Crippen LogP contribution is 2.23. The minimum absolute atomic E-state index is 0.141. The minimum Gasteiger partial charge on any atom is -0.272 e. The van der Waals surface area contributed by atoms with Crippen LogP contribution in [0.2, 0.25) is 0 Å². The van der Waals surface area contributed by atoms with Crippen LogP contribution < -0.4 is 10.3 Å². The smallest absolute Gasteiger partial charge is 0.272 e. The standard InChI is InChI=1S/C20H19N3O3S/c24-20(19-12-10-15-6-3-4-8-18(15)21-19)22-23-27(25,26)17-11-9-14-5-1-2-7-16(14)13-17/h3-4,6,8-13,23H,1-2,5,7H2,(H,22,24). The van der Waals surface area contributed by atoms with Crippen LogP contribution in [0.15, 0.2) is 59.5 Å². The van der Waals surface area contributed by atoms with Gasteiger partial charge in [-0.15, -0.1) is 4.83 Å². The van der Waals surface area contributed by atoms with Crippen LogP contribution in [0, 0.1) is 0 Å². The third-order valence-corrected chi connectivity index (χ3v) is 6.01. The number of hydrazine groups is 1. The van der Waals surface area contributed by atoms with E-state index < -0.39 is 15.9 Å². The summed E-state index contributed by atoms with van der Waals surface area (Å²) in [5, 5.41) is 0.906. The number of nitrogens with one attached hydrogen (secondary N) is 2. The van der Waals surface area contributed by atoms with E-state index in [1.165, 1.54) is 5.56 Å². The molecule has 27 heavy (non-hydrogen) atoms. The predicted octanol–water partition coefficient (Wildman–Crippen LogP) is 2.74. The quantitative estimate of drug-likeness (QED) is 0.680. The molecular weight excluding hydrogens is 362 g/mol. The molecule has 0 aliphatic heterocycles. The van der Waals surface area contributed by atoms with Gasteiger partial charge in [0.15, 0.2) is 0 Å². The monoisotopic (exact) mass is 381 g/mol. The molecule has 1 aliphatic carbocycles. The summed E-state index contributed by atoms with van der Waals surface area (Å²) in [6.45, 7) is 0. The fraction of sp³-hybridized carbons (Fsp3) is 0.200. The number of hydrogen-bond acceptors (Lipinski definition) is 4. The number of carbonyl (C=O) groups excluding carboxylic acids is 1. The first-order valence-electron chi connectivity index (χ1n) is 8.83. The number of rotatable bonds is 4. The van der Waals surface area contributed by atoms with Crippen LogP contribution in [0.4, 0.5) is 0 Å². The zero-order valence-electron chi connectivity index (χ0n) is 14.6. The van der Waals surface area contributed by atoms with Gasteiger partial charge in [0, 0.05) is 5.39 Å². The van der Waals surface area contributed by atoms with Gasteiger partial charge >= 0.3 is 0 Å². The molecule has 4 rings (SSSR count). The third kappa shape index (κ3) is 3.70. The first kappa shape index (κ1) is 17.6. The number of aromatic nitrogens is 1. The van der Waals surface area contributed by atoms with Crippen LogP contribution in [0.25, 0.3) is 10.9 Å². The molecule has 0 unspecified atom stereocenters. The largest absolute Gasteiger partial charge is 0.284 e. The normalized spacial score (nSPS) is 13.9. The molecule has 0 fully saturated rings. The maximum atomic E-state index is 12.5. The van der Waals surface area contributed by atoms with Crippen molar-refractivity contribution in [1.29, 1.82) is 0 Å². The average molecular weight is 381 g/mol. The zero-order chi connectivity index (χ0) is 18.9. The number of carbonyl (C=O) groups is 1. The van der Waals surface area contributed by atoms with Crippen molar-refractivity contribution in [2.75, 3.05) is 0 Å². The topological polar surface area (TPSA) is 88.2 Å². The molecule has 7 heteroatoms. The second-order valence-electron chi connectivity index (χ2n) is 6.59. The number of para-hydroxylation sites is 1. The number of nitrogens with zero attached hydrogens (tertiary/aromatic N) is 1. The maximum absolute atomic E-state index is 12.5. The molecule has 3 aromatic rings. The van der Waals surface area contributed by atoms with Gasteiger partial charge in [-0.2, -0.15) is 0 Å². The highest BCUT2D eigenvalue weighted by atomic mass is 32.2. The van der Waals surface area contributed by atoms with Crippen LogP contribution in [-0.2, 0) is 22.9 Å². The van der Waals surface area contributed by atoms with Gasteiger partial charge in [0.1, 0.15) is 5.69 Å². The van der Waals surface area contributed by atoms with Crippen LogP contribution in [0.1, 0.15) is 34.5 Å². The molecular formula is C20H19N3O3S. The Kier molecular flexibility index (Phi) is 4.63. The molecule has 0 atom stereocenters. The average Bonchev–Trinajstić information content (AvgIpc) is 2.71. The van der Waals surface area contributed by atoms with E-state index in [2.05, 4.69) is 15.2 Å². The van der Waals surface area contributed by atoms with E-state index in [0.717, 1.165) is 36.6 Å². The van der Waals surface area contributed by atoms with E-state index in [-0.39, 0.29) is 10.6 Å². The Balaban J connectivity index is 1.50. The third-order valence-electron chi connectivity index (χ3n) is 4.76. The molecule has 1 heterocycles. The number of fused-ring (bicyclic) bond motifs is 2. The summed E-state index contributed by atoms with van der Waals surface area (Å²) in [4.78, 5) is 18.9. The minimum atomic E-state index is -3.85. The molecule has 2 aromatic carbocycles. The first-order valence-corrected chi connectivity index (χ1v) is 10.3. The highest BCUT2D eigenvalue weighted by Gasteiger charge is 2.19. The summed E-state index contributed by atoms with van der Waals surface area (Å²) < 4.78 is 25.0. The summed E-state index contributed by atoms with van der Waals surface area (Å²) in [5.74, 6) is -0.609. The van der Waals surface area contributed by atoms with Crippen LogP contribution in [-0.4, -0.2) is 19.3 Å². The van der Waals surface area contributed by atoms with Crippen molar-refractivity contribution >= 4 is 26.8 Å². The van der Waals surface area contributed by atoms with Crippen molar-refractivity contribution in [3.63, 3.8) is 0 Å². The Bertz CT molecular complexity index is 1130. The molecule has 138 valence electrons. The van der Waals surface area contributed by atoms with E-state index in [1.807, 2.05) is 24.3 Å². The van der Waals surface area contributed by atoms with Crippen molar-refractivity contribution in [2.24, 2.45) is 0 Å². The first-order chi connectivity index (χ1) is 13.0. The SMILES string of the molecule is O=C(NNS(=O)(=O)c1ccc2c(c1)CCCC2)c1ccc2ccccc2n1. The number of hydrogen-bond donors (Lipinski definition) is 2. The Hall–Kier alpha value is -2.77. The van der Waals surface area contributed by atoms with Crippen molar-refractivity contribution in [3.05, 3.63) is 71.4 Å². The molecule has 0 bridgehead atoms. The summed E-state index contributed by atoms with van der Waals surface area (Å²) in [6, 6.07) is 15.9. The lowest BCUT2D eigenvalue weighted by atomic mass is 9.92. The van der Waals surface area contributed by atoms with Gasteiger partial charge in [0.2, 0.25) is 0 Å². The van der Waals surface area contributed by atoms with Gasteiger partial charge in [-0.1, -0.05) is 30.3 Å². The van der Waals surface area contributed by atoms with E-state index >= 15 is 0 Å². The fourth-order valence-corrected chi connectivity index (χ4v) is 4.20. The van der Waals surface area contributed by atoms with Gasteiger partial charge < -0.3 is 0 Å². The van der Waals surface area contributed by atoms with E-state index in [4.69, 9.17) is 0 Å². The van der Waals surface area contributed by atoms with Crippen molar-refractivity contribution in [3.8, 4) is 0 Å². The van der Waals surface area contributed by atoms with Crippen LogP contribution >= 0.6 is 0 Å². The molecule has 0 radical (unpaired) electrons. The van der Waals surface area contributed by atoms with Gasteiger partial charge in [0.05, 0.1) is 10.4 Å². The number of benzene rings is 2. The van der Waals surface area contributed by atoms with Crippen LogP contribution in [0.5, 0.6) is 0 Å². The predicted molar refractivity (Wildman–Crippen MR) is 103 cm³/mol. The molecule has 2 N–H and O–H groups in total. The Morgan fingerprint density at radius 1 is 0.926 bits per heavy atom. The van der Waals surface area contributed by atoms with E-state index in [0.29, 0.717) is 5.52 Å². The lowest BCUT2D eigenvalue weighted by Crippen LogP contribution is -2.41. The van der Waals surface area contributed by atoms with Gasteiger partial charge in [0.25, 0.3) is 15.9 Å². The number of amides is 1. The van der Waals surface area contributed by atoms with Crippen molar-refractivity contribution in [2.45, 2.75) is 30.6 Å². The number of sulfonamides is 1. The fourth-order valence-electron chi connectivity index (χ4n) is 3.31. The number of aryl methyl sites for hydroxylation is 2. The summed E-state index contributed by atoms with van der Waals surface area (Å²) >= 11 is 0. The van der Waals surface area contributed by atoms with E-state index in [1.54, 1.807) is 30.3 Å². The van der Waals surface area contributed by atoms with Gasteiger partial charge in [-0.3, -0.25) is 10.2 Å². The Morgan fingerprint density at radius 2 is 1.70 bits per heavy atom. The molecule has 1 amide bonds. The molecule has 1 aromatic heterocycles. The lowest BCUT2D eigenvalue weighted by molar-refractivity contribution is 0.0940. The Morgan fingerprint density at radius 3 is 2.56 bits per heavy atom. The maximum Gasteiger partial charge on any atom is 0.284 e. The highest BCUT2D eigenvalue weighted by molar-refractivity contribution is 7.89. The summed E-state index contributed by atoms with van der Waals surface area (Å²) in [5.41, 5.74) is 5.31. The van der Waals surface area contributed by atoms with Gasteiger partial charge in [-0.25, -0.2) is 13.4 Å². The van der Waals surface area contributed by atoms with Crippen molar-refractivity contribution < 1.29 is 13.2 Å². The molecule has 6 nitrogen and oxygen atoms in total. The van der Waals surface area contributed by atoms with Crippen molar-refractivity contribution in [1.82, 2.24) is 15.2 Å². The molecule has 1 aliphatic rings. The Labute approximate surface area is 157 Å². The second-order valence-corrected chi connectivity index (χ2v) is 8.27. The summed E-state index contributed by atoms with van der Waals surface area (Å²) in [7, 11) is -3.85. The van der Waals surface area contributed by atoms with E-state index in [9.17, 15) is 13.2 Å². The molecule has 0 saturated heterocycles. The zero-order valence-corrected chi connectivity index (χ0v) is 15.4. The van der Waals surface area contributed by atoms with Gasteiger partial charge in [-0.05, 0) is 61.1 Å². The second kappa shape index (κ2) is 7.09. The molecule has 0 spiro atoms. The summed E-state index contributed by atoms with van der Waals surface area (Å²) in [6.07, 6.45) is 4.06.